The molecule has 1 unspecified atom stereocenters. The number of aliphatic hydroxyl groups is 1. The van der Waals surface area contributed by atoms with Crippen molar-refractivity contribution in [1.29, 1.82) is 0 Å². The predicted molar refractivity (Wildman–Crippen MR) is 70.3 cm³/mol. The number of hydrogen-bond donors (Lipinski definition) is 2. The van der Waals surface area contributed by atoms with Gasteiger partial charge in [0.15, 0.2) is 0 Å². The minimum absolute atomic E-state index is 0.305. The summed E-state index contributed by atoms with van der Waals surface area (Å²) >= 11 is 5.92. The van der Waals surface area contributed by atoms with Gasteiger partial charge in [-0.3, -0.25) is 0 Å². The van der Waals surface area contributed by atoms with Crippen molar-refractivity contribution >= 4 is 11.6 Å². The van der Waals surface area contributed by atoms with Crippen molar-refractivity contribution in [3.63, 3.8) is 0 Å². The van der Waals surface area contributed by atoms with Gasteiger partial charge in [0.05, 0.1) is 12.2 Å². The van der Waals surface area contributed by atoms with Gasteiger partial charge < -0.3 is 15.6 Å². The summed E-state index contributed by atoms with van der Waals surface area (Å²) in [6, 6.07) is 7.52. The summed E-state index contributed by atoms with van der Waals surface area (Å²) in [7, 11) is 1.59. The van der Waals surface area contributed by atoms with Gasteiger partial charge in [-0.1, -0.05) is 23.7 Å². The van der Waals surface area contributed by atoms with E-state index in [4.69, 9.17) is 22.1 Å². The number of methoxy groups -OCH3 is 1. The fraction of sp³-hybridized carbons (Fsp3) is 0.538. The van der Waals surface area contributed by atoms with Gasteiger partial charge in [0.1, 0.15) is 0 Å². The molecular weight excluding hydrogens is 238 g/mol. The lowest BCUT2D eigenvalue weighted by Gasteiger charge is -2.27. The molecule has 1 aromatic carbocycles. The average molecular weight is 258 g/mol. The molecule has 0 bridgehead atoms. The third-order valence-electron chi connectivity index (χ3n) is 2.68. The van der Waals surface area contributed by atoms with E-state index in [1.54, 1.807) is 7.11 Å². The topological polar surface area (TPSA) is 55.5 Å². The van der Waals surface area contributed by atoms with Crippen molar-refractivity contribution in [2.45, 2.75) is 24.9 Å². The Bertz CT molecular complexity index is 346. The van der Waals surface area contributed by atoms with Crippen molar-refractivity contribution in [3.8, 4) is 0 Å². The van der Waals surface area contributed by atoms with E-state index >= 15 is 0 Å². The maximum absolute atomic E-state index is 10.5. The number of rotatable bonds is 7. The maximum Gasteiger partial charge on any atom is 0.0920 e. The van der Waals surface area contributed by atoms with E-state index in [0.717, 1.165) is 12.0 Å². The minimum Gasteiger partial charge on any atom is -0.387 e. The van der Waals surface area contributed by atoms with Crippen LogP contribution in [0.2, 0.25) is 5.02 Å². The third-order valence-corrected chi connectivity index (χ3v) is 2.92. The van der Waals surface area contributed by atoms with E-state index in [0.29, 0.717) is 31.0 Å². The summed E-state index contributed by atoms with van der Waals surface area (Å²) in [5.41, 5.74) is 5.62. The van der Waals surface area contributed by atoms with Gasteiger partial charge in [0, 0.05) is 18.6 Å². The molecule has 1 aromatic rings. The van der Waals surface area contributed by atoms with Crippen LogP contribution in [0.25, 0.3) is 0 Å². The molecule has 0 aliphatic carbocycles. The maximum atomic E-state index is 10.5. The molecule has 0 saturated carbocycles. The van der Waals surface area contributed by atoms with Gasteiger partial charge in [-0.05, 0) is 37.1 Å². The zero-order chi connectivity index (χ0) is 12.7. The predicted octanol–water partition coefficient (Wildman–Crippen LogP) is 2.00. The van der Waals surface area contributed by atoms with Crippen LogP contribution in [0.5, 0.6) is 0 Å². The second-order valence-corrected chi connectivity index (χ2v) is 4.79. The van der Waals surface area contributed by atoms with E-state index in [-0.39, 0.29) is 0 Å². The summed E-state index contributed by atoms with van der Waals surface area (Å²) in [5.74, 6) is 0. The van der Waals surface area contributed by atoms with Crippen LogP contribution in [0.1, 0.15) is 18.4 Å². The Hall–Kier alpha value is -0.610. The van der Waals surface area contributed by atoms with Crippen LogP contribution in [-0.4, -0.2) is 31.0 Å². The first-order chi connectivity index (χ1) is 8.09. The number of ether oxygens (including phenoxy) is 1. The van der Waals surface area contributed by atoms with Gasteiger partial charge in [-0.25, -0.2) is 0 Å². The molecule has 96 valence electrons. The molecule has 0 amide bonds. The molecule has 0 aromatic heterocycles. The highest BCUT2D eigenvalue weighted by Crippen LogP contribution is 2.21. The van der Waals surface area contributed by atoms with Crippen molar-refractivity contribution < 1.29 is 9.84 Å². The molecule has 0 spiro atoms. The van der Waals surface area contributed by atoms with Gasteiger partial charge in [0.25, 0.3) is 0 Å². The molecule has 0 aliphatic heterocycles. The largest absolute Gasteiger partial charge is 0.387 e. The molecule has 1 rings (SSSR count). The fourth-order valence-electron chi connectivity index (χ4n) is 1.94. The van der Waals surface area contributed by atoms with E-state index in [9.17, 15) is 5.11 Å². The molecule has 3 N–H and O–H groups in total. The summed E-state index contributed by atoms with van der Waals surface area (Å²) in [6.45, 7) is 0.876. The molecule has 4 heteroatoms. The second-order valence-electron chi connectivity index (χ2n) is 4.36. The van der Waals surface area contributed by atoms with Crippen molar-refractivity contribution in [2.24, 2.45) is 5.73 Å². The quantitative estimate of drug-likeness (QED) is 0.786. The van der Waals surface area contributed by atoms with E-state index in [1.807, 2.05) is 24.3 Å². The lowest BCUT2D eigenvalue weighted by Crippen LogP contribution is -2.37. The first-order valence-corrected chi connectivity index (χ1v) is 6.13. The van der Waals surface area contributed by atoms with E-state index in [1.165, 1.54) is 0 Å². The normalized spacial score (nSPS) is 14.6. The van der Waals surface area contributed by atoms with Crippen molar-refractivity contribution in [3.05, 3.63) is 34.9 Å². The average Bonchev–Trinajstić information content (AvgIpc) is 2.27. The number of hydrogen-bond acceptors (Lipinski definition) is 3. The Balaban J connectivity index is 2.71. The fourth-order valence-corrected chi connectivity index (χ4v) is 2.15. The van der Waals surface area contributed by atoms with Gasteiger partial charge >= 0.3 is 0 Å². The molecule has 0 fully saturated rings. The van der Waals surface area contributed by atoms with E-state index < -0.39 is 5.60 Å². The molecular formula is C13H20ClNO2. The molecule has 3 nitrogen and oxygen atoms in total. The number of benzene rings is 1. The van der Waals surface area contributed by atoms with Gasteiger partial charge in [0.2, 0.25) is 0 Å². The highest BCUT2D eigenvalue weighted by molar-refractivity contribution is 6.30. The van der Waals surface area contributed by atoms with Gasteiger partial charge in [-0.2, -0.15) is 0 Å². The standard InChI is InChI=1S/C13H20ClNO2/c1-17-10-13(16,6-3-7-15)9-11-4-2-5-12(14)8-11/h2,4-5,8,16H,3,6-7,9-10,15H2,1H3. The lowest BCUT2D eigenvalue weighted by molar-refractivity contribution is -0.0375. The monoisotopic (exact) mass is 257 g/mol. The van der Waals surface area contributed by atoms with Crippen LogP contribution >= 0.6 is 11.6 Å². The first-order valence-electron chi connectivity index (χ1n) is 5.75. The Morgan fingerprint density at radius 3 is 2.82 bits per heavy atom. The minimum atomic E-state index is -0.862. The Labute approximate surface area is 108 Å². The molecule has 0 radical (unpaired) electrons. The highest BCUT2D eigenvalue weighted by Gasteiger charge is 2.26. The number of halogens is 1. The third kappa shape index (κ3) is 5.04. The van der Waals surface area contributed by atoms with Crippen LogP contribution in [-0.2, 0) is 11.2 Å². The van der Waals surface area contributed by atoms with Crippen molar-refractivity contribution in [2.75, 3.05) is 20.3 Å². The Kier molecular flexibility index (Phi) is 5.92. The molecule has 0 heterocycles. The Morgan fingerprint density at radius 2 is 2.24 bits per heavy atom. The van der Waals surface area contributed by atoms with Crippen LogP contribution in [0.15, 0.2) is 24.3 Å². The zero-order valence-corrected chi connectivity index (χ0v) is 10.9. The van der Waals surface area contributed by atoms with Crippen LogP contribution in [0.3, 0.4) is 0 Å². The lowest BCUT2D eigenvalue weighted by atomic mass is 9.90. The SMILES string of the molecule is COCC(O)(CCCN)Cc1cccc(Cl)c1. The molecule has 1 atom stereocenters. The second kappa shape index (κ2) is 6.97. The molecule has 17 heavy (non-hydrogen) atoms. The van der Waals surface area contributed by atoms with Crippen LogP contribution in [0, 0.1) is 0 Å². The summed E-state index contributed by atoms with van der Waals surface area (Å²) in [6.07, 6.45) is 1.94. The Morgan fingerprint density at radius 1 is 1.47 bits per heavy atom. The molecule has 0 aliphatic rings. The summed E-state index contributed by atoms with van der Waals surface area (Å²) in [4.78, 5) is 0. The zero-order valence-electron chi connectivity index (χ0n) is 10.2. The molecule has 0 saturated heterocycles. The van der Waals surface area contributed by atoms with Crippen molar-refractivity contribution in [1.82, 2.24) is 0 Å². The van der Waals surface area contributed by atoms with Crippen LogP contribution < -0.4 is 5.73 Å². The first kappa shape index (κ1) is 14.5. The van der Waals surface area contributed by atoms with E-state index in [2.05, 4.69) is 0 Å². The summed E-state index contributed by atoms with van der Waals surface area (Å²) < 4.78 is 5.08. The highest BCUT2D eigenvalue weighted by atomic mass is 35.5. The number of nitrogens with two attached hydrogens (primary N) is 1. The smallest absolute Gasteiger partial charge is 0.0920 e. The van der Waals surface area contributed by atoms with Gasteiger partial charge in [-0.15, -0.1) is 0 Å². The summed E-state index contributed by atoms with van der Waals surface area (Å²) in [5, 5.41) is 11.1. The van der Waals surface area contributed by atoms with Crippen LogP contribution in [0.4, 0.5) is 0 Å².